The molecule has 3 N–H and O–H groups in total. The fourth-order valence-corrected chi connectivity index (χ4v) is 3.06. The lowest BCUT2D eigenvalue weighted by molar-refractivity contribution is 0.0974. The monoisotopic (exact) mass is 339 g/mol. The largest absolute Gasteiger partial charge is 0.507 e. The van der Waals surface area contributed by atoms with Crippen molar-refractivity contribution >= 4 is 17.3 Å². The predicted molar refractivity (Wildman–Crippen MR) is 90.9 cm³/mol. The van der Waals surface area contributed by atoms with Crippen LogP contribution in [0.25, 0.3) is 0 Å². The number of nitrogens with zero attached hydrogens (tertiary/aromatic N) is 1. The number of oxime groups is 1. The minimum absolute atomic E-state index is 0.0488. The summed E-state index contributed by atoms with van der Waals surface area (Å²) in [6, 6.07) is 7.42. The number of carbonyl (C=O) groups excluding carboxylic acids is 2. The minimum Gasteiger partial charge on any atom is -0.507 e. The molecule has 0 unspecified atom stereocenters. The van der Waals surface area contributed by atoms with Crippen molar-refractivity contribution in [2.45, 2.75) is 26.2 Å². The molecule has 2 aromatic carbocycles. The Labute approximate surface area is 144 Å². The maximum atomic E-state index is 12.8. The lowest BCUT2D eigenvalue weighted by Gasteiger charge is -2.21. The van der Waals surface area contributed by atoms with E-state index in [0.717, 1.165) is 12.5 Å². The highest BCUT2D eigenvalue weighted by molar-refractivity contribution is 6.31. The van der Waals surface area contributed by atoms with Gasteiger partial charge in [-0.05, 0) is 18.9 Å². The third-order valence-corrected chi connectivity index (χ3v) is 4.35. The summed E-state index contributed by atoms with van der Waals surface area (Å²) in [7, 11) is 0. The van der Waals surface area contributed by atoms with Gasteiger partial charge in [-0.15, -0.1) is 0 Å². The number of phenolic OH excluding ortho intramolecular Hbond substituents is 2. The van der Waals surface area contributed by atoms with E-state index in [1.807, 2.05) is 6.92 Å². The number of unbranched alkanes of at least 4 members (excludes halogenated alkanes) is 1. The molecule has 0 amide bonds. The average molecular weight is 339 g/mol. The summed E-state index contributed by atoms with van der Waals surface area (Å²) in [5.41, 5.74) is 0.0748. The molecule has 0 atom stereocenters. The van der Waals surface area contributed by atoms with Gasteiger partial charge in [-0.3, -0.25) is 9.59 Å². The number of ketones is 2. The quantitative estimate of drug-likeness (QED) is 0.293. The van der Waals surface area contributed by atoms with Crippen molar-refractivity contribution in [3.8, 4) is 11.5 Å². The van der Waals surface area contributed by atoms with Crippen molar-refractivity contribution in [2.24, 2.45) is 5.16 Å². The van der Waals surface area contributed by atoms with Gasteiger partial charge in [0.25, 0.3) is 0 Å². The molecule has 3 rings (SSSR count). The highest BCUT2D eigenvalue weighted by Gasteiger charge is 2.36. The summed E-state index contributed by atoms with van der Waals surface area (Å²) in [4.78, 5) is 25.4. The van der Waals surface area contributed by atoms with E-state index in [9.17, 15) is 25.0 Å². The summed E-state index contributed by atoms with van der Waals surface area (Å²) in [6.07, 6.45) is 1.89. The molecular formula is C19H17NO5. The van der Waals surface area contributed by atoms with Gasteiger partial charge >= 0.3 is 0 Å². The van der Waals surface area contributed by atoms with Gasteiger partial charge in [-0.25, -0.2) is 0 Å². The lowest BCUT2D eigenvalue weighted by atomic mass is 9.81. The number of phenols is 2. The van der Waals surface area contributed by atoms with Gasteiger partial charge < -0.3 is 15.4 Å². The van der Waals surface area contributed by atoms with Gasteiger partial charge in [0.15, 0.2) is 11.6 Å². The molecule has 2 aromatic rings. The molecule has 6 nitrogen and oxygen atoms in total. The molecule has 0 radical (unpaired) electrons. The summed E-state index contributed by atoms with van der Waals surface area (Å²) < 4.78 is 0. The first kappa shape index (κ1) is 16.7. The van der Waals surface area contributed by atoms with E-state index in [-0.39, 0.29) is 33.5 Å². The molecule has 0 bridgehead atoms. The van der Waals surface area contributed by atoms with Crippen LogP contribution in [-0.4, -0.2) is 32.7 Å². The van der Waals surface area contributed by atoms with Crippen molar-refractivity contribution in [3.05, 3.63) is 58.1 Å². The van der Waals surface area contributed by atoms with Crippen LogP contribution in [0.2, 0.25) is 0 Å². The van der Waals surface area contributed by atoms with Crippen LogP contribution in [0, 0.1) is 0 Å². The molecule has 128 valence electrons. The number of rotatable bonds is 4. The van der Waals surface area contributed by atoms with Crippen LogP contribution < -0.4 is 0 Å². The molecule has 25 heavy (non-hydrogen) atoms. The SMILES string of the molecule is CCCC/C(=N/O)c1cc(O)c2c(c1O)C(=O)c1ccccc1C2=O. The Kier molecular flexibility index (Phi) is 4.27. The maximum absolute atomic E-state index is 12.8. The average Bonchev–Trinajstić information content (AvgIpc) is 2.62. The predicted octanol–water partition coefficient (Wildman–Crippen LogP) is 3.24. The second-order valence-corrected chi connectivity index (χ2v) is 5.90. The normalized spacial score (nSPS) is 13.6. The van der Waals surface area contributed by atoms with E-state index in [1.165, 1.54) is 12.1 Å². The highest BCUT2D eigenvalue weighted by Crippen LogP contribution is 2.40. The van der Waals surface area contributed by atoms with E-state index < -0.39 is 23.1 Å². The zero-order chi connectivity index (χ0) is 18.1. The standard InChI is InChI=1S/C19H17NO5/c1-2-3-8-13(20-25)12-9-14(21)15-16(19(12)24)18(23)11-7-5-4-6-10(11)17(15)22/h4-7,9,21,24-25H,2-3,8H2,1H3/b20-13-. The fraction of sp³-hybridized carbons (Fsp3) is 0.211. The van der Waals surface area contributed by atoms with E-state index in [4.69, 9.17) is 0 Å². The summed E-state index contributed by atoms with van der Waals surface area (Å²) in [6.45, 7) is 1.96. The Bertz CT molecular complexity index is 914. The van der Waals surface area contributed by atoms with Gasteiger partial charge in [-0.2, -0.15) is 0 Å². The Morgan fingerprint density at radius 1 is 1.04 bits per heavy atom. The van der Waals surface area contributed by atoms with Crippen LogP contribution >= 0.6 is 0 Å². The van der Waals surface area contributed by atoms with Crippen LogP contribution in [0.5, 0.6) is 11.5 Å². The van der Waals surface area contributed by atoms with E-state index in [1.54, 1.807) is 12.1 Å². The second-order valence-electron chi connectivity index (χ2n) is 5.90. The van der Waals surface area contributed by atoms with Crippen LogP contribution in [-0.2, 0) is 0 Å². The third kappa shape index (κ3) is 2.55. The Morgan fingerprint density at radius 2 is 1.64 bits per heavy atom. The van der Waals surface area contributed by atoms with Gasteiger partial charge in [0.1, 0.15) is 11.5 Å². The van der Waals surface area contributed by atoms with Crippen LogP contribution in [0.1, 0.15) is 63.6 Å². The first-order valence-electron chi connectivity index (χ1n) is 7.99. The molecule has 0 fully saturated rings. The van der Waals surface area contributed by atoms with Crippen molar-refractivity contribution in [1.29, 1.82) is 0 Å². The molecule has 1 aliphatic rings. The van der Waals surface area contributed by atoms with Crippen molar-refractivity contribution < 1.29 is 25.0 Å². The zero-order valence-electron chi connectivity index (χ0n) is 13.6. The number of hydrogen-bond donors (Lipinski definition) is 3. The van der Waals surface area contributed by atoms with Crippen LogP contribution in [0.15, 0.2) is 35.5 Å². The van der Waals surface area contributed by atoms with E-state index in [0.29, 0.717) is 12.8 Å². The first-order valence-corrected chi connectivity index (χ1v) is 7.99. The molecule has 1 aliphatic carbocycles. The van der Waals surface area contributed by atoms with E-state index in [2.05, 4.69) is 5.16 Å². The summed E-state index contributed by atoms with van der Waals surface area (Å²) in [5.74, 6) is -1.95. The van der Waals surface area contributed by atoms with Gasteiger partial charge in [0, 0.05) is 16.7 Å². The van der Waals surface area contributed by atoms with Gasteiger partial charge in [0.05, 0.1) is 16.8 Å². The van der Waals surface area contributed by atoms with Gasteiger partial charge in [-0.1, -0.05) is 42.8 Å². The highest BCUT2D eigenvalue weighted by atomic mass is 16.4. The zero-order valence-corrected chi connectivity index (χ0v) is 13.6. The second kappa shape index (κ2) is 6.39. The van der Waals surface area contributed by atoms with Crippen LogP contribution in [0.4, 0.5) is 0 Å². The summed E-state index contributed by atoms with van der Waals surface area (Å²) >= 11 is 0. The molecular weight excluding hydrogens is 322 g/mol. The van der Waals surface area contributed by atoms with Crippen molar-refractivity contribution in [1.82, 2.24) is 0 Å². The van der Waals surface area contributed by atoms with Crippen LogP contribution in [0.3, 0.4) is 0 Å². The minimum atomic E-state index is -0.548. The summed E-state index contributed by atoms with van der Waals surface area (Å²) in [5, 5.41) is 33.4. The molecule has 0 aromatic heterocycles. The Hall–Kier alpha value is -3.15. The number of benzene rings is 2. The molecule has 0 saturated heterocycles. The van der Waals surface area contributed by atoms with Gasteiger partial charge in [0.2, 0.25) is 0 Å². The molecule has 6 heteroatoms. The first-order chi connectivity index (χ1) is 12.0. The topological polar surface area (TPSA) is 107 Å². The van der Waals surface area contributed by atoms with Crippen molar-refractivity contribution in [3.63, 3.8) is 0 Å². The number of aromatic hydroxyl groups is 2. The third-order valence-electron chi connectivity index (χ3n) is 4.35. The molecule has 0 saturated carbocycles. The smallest absolute Gasteiger partial charge is 0.198 e. The Morgan fingerprint density at radius 3 is 2.20 bits per heavy atom. The fourth-order valence-electron chi connectivity index (χ4n) is 3.06. The maximum Gasteiger partial charge on any atom is 0.198 e. The molecule has 0 spiro atoms. The van der Waals surface area contributed by atoms with Crippen molar-refractivity contribution in [2.75, 3.05) is 0 Å². The number of carbonyl (C=O) groups is 2. The Balaban J connectivity index is 2.23. The number of fused-ring (bicyclic) bond motifs is 2. The number of hydrogen-bond acceptors (Lipinski definition) is 6. The van der Waals surface area contributed by atoms with E-state index >= 15 is 0 Å². The molecule has 0 aliphatic heterocycles. The molecule has 0 heterocycles. The lowest BCUT2D eigenvalue weighted by Crippen LogP contribution is -2.22.